The van der Waals surface area contributed by atoms with E-state index in [4.69, 9.17) is 0 Å². The van der Waals surface area contributed by atoms with Gasteiger partial charge in [0.1, 0.15) is 12.1 Å². The summed E-state index contributed by atoms with van der Waals surface area (Å²) >= 11 is 2.31. The highest BCUT2D eigenvalue weighted by Crippen LogP contribution is 2.20. The molecule has 0 aromatic carbocycles. The molecule has 0 bridgehead atoms. The first-order valence-electron chi connectivity index (χ1n) is 6.00. The highest BCUT2D eigenvalue weighted by Gasteiger charge is 2.28. The number of nitrogens with zero attached hydrogens (tertiary/aromatic N) is 4. The van der Waals surface area contributed by atoms with Gasteiger partial charge < -0.3 is 10.2 Å². The van der Waals surface area contributed by atoms with Crippen LogP contribution in [-0.4, -0.2) is 60.2 Å². The molecule has 5 nitrogen and oxygen atoms in total. The molecule has 0 amide bonds. The monoisotopic (exact) mass is 345 g/mol. The third-order valence-electron chi connectivity index (χ3n) is 3.54. The number of hydrogen-bond acceptors (Lipinski definition) is 5. The summed E-state index contributed by atoms with van der Waals surface area (Å²) in [5.74, 6) is 1.09. The van der Waals surface area contributed by atoms with Crippen molar-refractivity contribution in [2.45, 2.75) is 6.04 Å². The Balaban J connectivity index is 1.63. The van der Waals surface area contributed by atoms with E-state index in [1.54, 1.807) is 6.33 Å². The number of halogens is 1. The molecule has 3 heterocycles. The predicted octanol–water partition coefficient (Wildman–Crippen LogP) is 0.175. The number of anilines is 1. The lowest BCUT2D eigenvalue weighted by Crippen LogP contribution is -2.61. The van der Waals surface area contributed by atoms with Crippen LogP contribution in [0.4, 0.5) is 5.82 Å². The lowest BCUT2D eigenvalue weighted by molar-refractivity contribution is 0.137. The molecule has 0 unspecified atom stereocenters. The molecule has 6 heteroatoms. The second-order valence-corrected chi connectivity index (χ2v) is 5.69. The van der Waals surface area contributed by atoms with Crippen molar-refractivity contribution in [1.29, 1.82) is 0 Å². The van der Waals surface area contributed by atoms with Crippen LogP contribution in [0.5, 0.6) is 0 Å². The van der Waals surface area contributed by atoms with Crippen LogP contribution in [0.1, 0.15) is 0 Å². The highest BCUT2D eigenvalue weighted by molar-refractivity contribution is 14.1. The van der Waals surface area contributed by atoms with Gasteiger partial charge in [-0.05, 0) is 22.6 Å². The van der Waals surface area contributed by atoms with Crippen molar-refractivity contribution < 1.29 is 0 Å². The molecule has 0 saturated carbocycles. The summed E-state index contributed by atoms with van der Waals surface area (Å²) < 4.78 is 1.14. The van der Waals surface area contributed by atoms with E-state index in [0.717, 1.165) is 54.7 Å². The first-order valence-corrected chi connectivity index (χ1v) is 7.07. The molecular formula is C11H16IN5. The summed E-state index contributed by atoms with van der Waals surface area (Å²) in [6.07, 6.45) is 3.52. The molecule has 2 saturated heterocycles. The Labute approximate surface area is 115 Å². The molecule has 0 aliphatic carbocycles. The molecule has 92 valence electrons. The smallest absolute Gasteiger partial charge is 0.145 e. The fraction of sp³-hybridized carbons (Fsp3) is 0.636. The molecule has 3 rings (SSSR count). The Morgan fingerprint density at radius 2 is 2.00 bits per heavy atom. The predicted molar refractivity (Wildman–Crippen MR) is 75.2 cm³/mol. The van der Waals surface area contributed by atoms with Gasteiger partial charge in [0.15, 0.2) is 0 Å². The molecule has 1 N–H and O–H groups in total. The second kappa shape index (κ2) is 5.03. The van der Waals surface area contributed by atoms with Crippen LogP contribution >= 0.6 is 22.6 Å². The highest BCUT2D eigenvalue weighted by atomic mass is 127. The molecule has 17 heavy (non-hydrogen) atoms. The van der Waals surface area contributed by atoms with Crippen molar-refractivity contribution in [3.63, 3.8) is 0 Å². The van der Waals surface area contributed by atoms with Crippen LogP contribution in [0, 0.1) is 3.57 Å². The number of aromatic nitrogens is 2. The minimum absolute atomic E-state index is 0.765. The third kappa shape index (κ3) is 2.38. The van der Waals surface area contributed by atoms with Gasteiger partial charge in [-0.1, -0.05) is 0 Å². The van der Waals surface area contributed by atoms with E-state index >= 15 is 0 Å². The van der Waals surface area contributed by atoms with Crippen molar-refractivity contribution in [3.8, 4) is 0 Å². The topological polar surface area (TPSA) is 44.3 Å². The Hall–Kier alpha value is -0.470. The zero-order chi connectivity index (χ0) is 11.7. The normalized spacial score (nSPS) is 22.5. The average molecular weight is 345 g/mol. The van der Waals surface area contributed by atoms with Gasteiger partial charge in [0.25, 0.3) is 0 Å². The number of nitrogens with one attached hydrogen (secondary N) is 1. The van der Waals surface area contributed by atoms with Crippen LogP contribution < -0.4 is 10.2 Å². The van der Waals surface area contributed by atoms with Gasteiger partial charge in [-0.3, -0.25) is 4.90 Å². The van der Waals surface area contributed by atoms with E-state index in [2.05, 4.69) is 47.7 Å². The van der Waals surface area contributed by atoms with E-state index in [-0.39, 0.29) is 0 Å². The van der Waals surface area contributed by atoms with Crippen molar-refractivity contribution in [2.24, 2.45) is 0 Å². The van der Waals surface area contributed by atoms with E-state index in [0.29, 0.717) is 0 Å². The summed E-state index contributed by atoms with van der Waals surface area (Å²) in [6, 6.07) is 0.765. The number of piperazine rings is 1. The van der Waals surface area contributed by atoms with Crippen LogP contribution in [0.15, 0.2) is 12.5 Å². The second-order valence-electron chi connectivity index (χ2n) is 4.53. The fourth-order valence-corrected chi connectivity index (χ4v) is 3.01. The Morgan fingerprint density at radius 3 is 2.59 bits per heavy atom. The van der Waals surface area contributed by atoms with Gasteiger partial charge in [0.2, 0.25) is 0 Å². The van der Waals surface area contributed by atoms with Gasteiger partial charge in [0.05, 0.1) is 3.57 Å². The Bertz CT molecular complexity index is 387. The standard InChI is InChI=1S/C11H16IN5/c12-10-7-14-8-15-11(10)17-3-1-16(2-4-17)9-5-13-6-9/h7-9,13H,1-6H2. The van der Waals surface area contributed by atoms with Gasteiger partial charge in [-0.2, -0.15) is 0 Å². The summed E-state index contributed by atoms with van der Waals surface area (Å²) in [7, 11) is 0. The summed E-state index contributed by atoms with van der Waals surface area (Å²) in [5.41, 5.74) is 0. The SMILES string of the molecule is Ic1cncnc1N1CCN(C2CNC2)CC1. The van der Waals surface area contributed by atoms with E-state index < -0.39 is 0 Å². The van der Waals surface area contributed by atoms with Gasteiger partial charge >= 0.3 is 0 Å². The van der Waals surface area contributed by atoms with Crippen LogP contribution in [0.2, 0.25) is 0 Å². The zero-order valence-corrected chi connectivity index (χ0v) is 11.8. The molecule has 0 atom stereocenters. The summed E-state index contributed by atoms with van der Waals surface area (Å²) in [5, 5.41) is 3.33. The van der Waals surface area contributed by atoms with Crippen molar-refractivity contribution in [2.75, 3.05) is 44.2 Å². The van der Waals surface area contributed by atoms with Crippen molar-refractivity contribution >= 4 is 28.4 Å². The van der Waals surface area contributed by atoms with E-state index in [1.807, 2.05) is 6.20 Å². The molecular weight excluding hydrogens is 329 g/mol. The number of hydrogen-bond donors (Lipinski definition) is 1. The van der Waals surface area contributed by atoms with Crippen molar-refractivity contribution in [1.82, 2.24) is 20.2 Å². The lowest BCUT2D eigenvalue weighted by Gasteiger charge is -2.43. The van der Waals surface area contributed by atoms with Crippen LogP contribution in [0.3, 0.4) is 0 Å². The lowest BCUT2D eigenvalue weighted by atomic mass is 10.1. The van der Waals surface area contributed by atoms with Crippen LogP contribution in [0.25, 0.3) is 0 Å². The molecule has 2 aliphatic heterocycles. The first kappa shape index (κ1) is 11.6. The first-order chi connectivity index (χ1) is 8.34. The zero-order valence-electron chi connectivity index (χ0n) is 9.64. The largest absolute Gasteiger partial charge is 0.353 e. The average Bonchev–Trinajstić information content (AvgIpc) is 2.29. The minimum Gasteiger partial charge on any atom is -0.353 e. The fourth-order valence-electron chi connectivity index (χ4n) is 2.37. The Kier molecular flexibility index (Phi) is 3.44. The van der Waals surface area contributed by atoms with Gasteiger partial charge in [-0.25, -0.2) is 9.97 Å². The minimum atomic E-state index is 0.765. The molecule has 0 spiro atoms. The van der Waals surface area contributed by atoms with Gasteiger partial charge in [-0.15, -0.1) is 0 Å². The molecule has 2 fully saturated rings. The maximum atomic E-state index is 4.38. The molecule has 1 aromatic heterocycles. The summed E-state index contributed by atoms with van der Waals surface area (Å²) in [4.78, 5) is 13.4. The van der Waals surface area contributed by atoms with Crippen LogP contribution in [-0.2, 0) is 0 Å². The summed E-state index contributed by atoms with van der Waals surface area (Å²) in [6.45, 7) is 6.75. The third-order valence-corrected chi connectivity index (χ3v) is 4.30. The quantitative estimate of drug-likeness (QED) is 0.775. The maximum absolute atomic E-state index is 4.38. The van der Waals surface area contributed by atoms with Gasteiger partial charge in [0, 0.05) is 51.5 Å². The Morgan fingerprint density at radius 1 is 1.24 bits per heavy atom. The van der Waals surface area contributed by atoms with Crippen molar-refractivity contribution in [3.05, 3.63) is 16.1 Å². The van der Waals surface area contributed by atoms with E-state index in [9.17, 15) is 0 Å². The molecule has 2 aliphatic rings. The molecule has 1 aromatic rings. The molecule has 0 radical (unpaired) electrons. The number of rotatable bonds is 2. The maximum Gasteiger partial charge on any atom is 0.145 e. The van der Waals surface area contributed by atoms with E-state index in [1.165, 1.54) is 0 Å².